The molecule has 0 saturated carbocycles. The van der Waals surface area contributed by atoms with Gasteiger partial charge in [0.25, 0.3) is 0 Å². The molecule has 5 heteroatoms. The quantitative estimate of drug-likeness (QED) is 0.482. The number of hydrogen-bond donors (Lipinski definition) is 0. The van der Waals surface area contributed by atoms with E-state index in [9.17, 15) is 14.8 Å². The molecule has 28 heavy (non-hydrogen) atoms. The normalized spacial score (nSPS) is 14.5. The van der Waals surface area contributed by atoms with Crippen LogP contribution in [0.4, 0.5) is 0 Å². The lowest BCUT2D eigenvalue weighted by Crippen LogP contribution is -2.38. The Kier molecular flexibility index (Phi) is 4.88. The molecule has 3 rings (SSSR count). The van der Waals surface area contributed by atoms with Crippen LogP contribution in [0.3, 0.4) is 0 Å². The monoisotopic (exact) mass is 378 g/mol. The molecule has 0 amide bonds. The van der Waals surface area contributed by atoms with Gasteiger partial charge in [-0.15, -0.1) is 0 Å². The van der Waals surface area contributed by atoms with E-state index in [1.807, 2.05) is 45.0 Å². The van der Waals surface area contributed by atoms with Gasteiger partial charge in [0.15, 0.2) is 0 Å². The zero-order chi connectivity index (χ0) is 20.7. The lowest BCUT2D eigenvalue weighted by atomic mass is 9.75. The minimum Gasteiger partial charge on any atom is -0.791 e. The molecular weight excluding hydrogens is 354 g/mol. The number of Topliss-reactive ketones (excluding diaryl/α,β-unsaturated/α-hetero) is 1. The molecule has 0 bridgehead atoms. The van der Waals surface area contributed by atoms with Gasteiger partial charge in [0.1, 0.15) is 12.4 Å². The Morgan fingerprint density at radius 1 is 0.929 bits per heavy atom. The second kappa shape index (κ2) is 6.89. The number of carbonyl (C=O) groups is 2. The molecule has 1 aliphatic rings. The van der Waals surface area contributed by atoms with Crippen LogP contribution in [0.25, 0.3) is 11.1 Å². The maximum atomic E-state index is 12.6. The van der Waals surface area contributed by atoms with Crippen molar-refractivity contribution in [3.05, 3.63) is 64.4 Å². The Morgan fingerprint density at radius 2 is 1.54 bits per heavy atom. The van der Waals surface area contributed by atoms with E-state index >= 15 is 0 Å². The van der Waals surface area contributed by atoms with Crippen molar-refractivity contribution in [3.8, 4) is 11.1 Å². The van der Waals surface area contributed by atoms with Crippen LogP contribution in [-0.4, -0.2) is 24.1 Å². The molecule has 0 saturated heterocycles. The van der Waals surface area contributed by atoms with Crippen LogP contribution in [0.5, 0.6) is 0 Å². The molecule has 0 fully saturated rings. The second-order valence-corrected chi connectivity index (χ2v) is 8.78. The van der Waals surface area contributed by atoms with Crippen molar-refractivity contribution in [3.63, 3.8) is 0 Å². The van der Waals surface area contributed by atoms with E-state index in [1.165, 1.54) is 0 Å². The van der Waals surface area contributed by atoms with E-state index in [2.05, 4.69) is 5.16 Å². The van der Waals surface area contributed by atoms with Crippen LogP contribution >= 0.6 is 0 Å². The first kappa shape index (κ1) is 19.8. The van der Waals surface area contributed by atoms with Gasteiger partial charge in [-0.05, 0) is 37.1 Å². The highest BCUT2D eigenvalue weighted by molar-refractivity contribution is 6.25. The molecule has 0 aliphatic heterocycles. The third-order valence-corrected chi connectivity index (χ3v) is 4.93. The van der Waals surface area contributed by atoms with E-state index in [-0.39, 0.29) is 12.4 Å². The van der Waals surface area contributed by atoms with Crippen molar-refractivity contribution < 1.29 is 14.3 Å². The van der Waals surface area contributed by atoms with Gasteiger partial charge in [0, 0.05) is 16.5 Å². The Balaban J connectivity index is 1.82. The summed E-state index contributed by atoms with van der Waals surface area (Å²) in [5.41, 5.74) is 2.51. The average molecular weight is 378 g/mol. The molecule has 0 spiro atoms. The van der Waals surface area contributed by atoms with Crippen LogP contribution in [0.2, 0.25) is 0 Å². The second-order valence-electron chi connectivity index (χ2n) is 8.78. The number of esters is 1. The molecule has 0 N–H and O–H groups in total. The SMILES string of the molecule is CC(C)(C)C(=O)C(C)(C)COC(=O)c1ccc2c(c1)/C(=N/[O-])c1ccccc1-2. The van der Waals surface area contributed by atoms with Gasteiger partial charge in [-0.3, -0.25) is 4.79 Å². The van der Waals surface area contributed by atoms with Crippen LogP contribution in [0, 0.1) is 16.0 Å². The average Bonchev–Trinajstić information content (AvgIpc) is 2.97. The smallest absolute Gasteiger partial charge is 0.338 e. The van der Waals surface area contributed by atoms with Gasteiger partial charge in [-0.2, -0.15) is 0 Å². The van der Waals surface area contributed by atoms with Gasteiger partial charge < -0.3 is 15.1 Å². The van der Waals surface area contributed by atoms with E-state index in [1.54, 1.807) is 32.0 Å². The van der Waals surface area contributed by atoms with Gasteiger partial charge in [0.05, 0.1) is 16.7 Å². The number of benzene rings is 2. The number of rotatable bonds is 4. The summed E-state index contributed by atoms with van der Waals surface area (Å²) in [5, 5.41) is 14.6. The summed E-state index contributed by atoms with van der Waals surface area (Å²) in [6, 6.07) is 12.6. The van der Waals surface area contributed by atoms with E-state index < -0.39 is 16.8 Å². The molecule has 0 atom stereocenters. The fraction of sp³-hybridized carbons (Fsp3) is 0.348. The Labute approximate surface area is 165 Å². The molecule has 0 aromatic heterocycles. The Hall–Kier alpha value is -2.95. The first-order valence-corrected chi connectivity index (χ1v) is 9.23. The van der Waals surface area contributed by atoms with Crippen LogP contribution < -0.4 is 0 Å². The molecule has 1 aliphatic carbocycles. The van der Waals surface area contributed by atoms with Gasteiger partial charge in [0.2, 0.25) is 0 Å². The van der Waals surface area contributed by atoms with Gasteiger partial charge >= 0.3 is 5.97 Å². The Morgan fingerprint density at radius 3 is 2.14 bits per heavy atom. The van der Waals surface area contributed by atoms with Crippen LogP contribution in [0.15, 0.2) is 47.6 Å². The summed E-state index contributed by atoms with van der Waals surface area (Å²) >= 11 is 0. The minimum absolute atomic E-state index is 0.0122. The van der Waals surface area contributed by atoms with E-state index in [0.29, 0.717) is 16.8 Å². The minimum atomic E-state index is -0.789. The first-order chi connectivity index (χ1) is 13.1. The molecule has 2 aromatic carbocycles. The summed E-state index contributed by atoms with van der Waals surface area (Å²) in [5.74, 6) is -0.503. The molecule has 2 aromatic rings. The predicted octanol–water partition coefficient (Wildman–Crippen LogP) is 4.80. The maximum Gasteiger partial charge on any atom is 0.338 e. The number of nitrogens with zero attached hydrogens (tertiary/aromatic N) is 1. The lowest BCUT2D eigenvalue weighted by Gasteiger charge is -2.30. The van der Waals surface area contributed by atoms with Crippen molar-refractivity contribution in [2.45, 2.75) is 34.6 Å². The van der Waals surface area contributed by atoms with Crippen LogP contribution in [-0.2, 0) is 9.53 Å². The zero-order valence-electron chi connectivity index (χ0n) is 16.8. The summed E-state index contributed by atoms with van der Waals surface area (Å²) < 4.78 is 5.44. The van der Waals surface area contributed by atoms with E-state index in [0.717, 1.165) is 16.7 Å². The number of ether oxygens (including phenoxy) is 1. The molecule has 0 heterocycles. The third kappa shape index (κ3) is 3.44. The number of ketones is 1. The molecule has 0 unspecified atom stereocenters. The summed E-state index contributed by atoms with van der Waals surface area (Å²) in [7, 11) is 0. The Bertz CT molecular complexity index is 980. The highest BCUT2D eigenvalue weighted by Gasteiger charge is 2.37. The predicted molar refractivity (Wildman–Crippen MR) is 109 cm³/mol. The standard InChI is InChI=1S/C23H25NO4/c1-22(2,3)21(26)23(4,5)13-28-20(25)14-10-11-16-15-8-6-7-9-17(15)19(24-27)18(16)12-14/h6-12,27H,13H2,1-5H3/p-1/b24-19+. The number of carbonyl (C=O) groups excluding carboxylic acids is 2. The van der Waals surface area contributed by atoms with Crippen molar-refractivity contribution in [2.24, 2.45) is 16.0 Å². The fourth-order valence-electron chi connectivity index (χ4n) is 3.68. The van der Waals surface area contributed by atoms with E-state index in [4.69, 9.17) is 4.74 Å². The first-order valence-electron chi connectivity index (χ1n) is 9.23. The summed E-state index contributed by atoms with van der Waals surface area (Å²) in [6.07, 6.45) is 0. The molecular formula is C23H24NO4-. The van der Waals surface area contributed by atoms with Crippen molar-refractivity contribution in [2.75, 3.05) is 6.61 Å². The largest absolute Gasteiger partial charge is 0.791 e. The maximum absolute atomic E-state index is 12.6. The van der Waals surface area contributed by atoms with Crippen LogP contribution in [0.1, 0.15) is 56.1 Å². The molecule has 5 nitrogen and oxygen atoms in total. The highest BCUT2D eigenvalue weighted by Crippen LogP contribution is 2.37. The van der Waals surface area contributed by atoms with Gasteiger partial charge in [-0.1, -0.05) is 51.1 Å². The zero-order valence-corrected chi connectivity index (χ0v) is 16.8. The number of fused-ring (bicyclic) bond motifs is 3. The van der Waals surface area contributed by atoms with Crippen molar-refractivity contribution in [1.82, 2.24) is 0 Å². The summed E-state index contributed by atoms with van der Waals surface area (Å²) in [6.45, 7) is 9.08. The molecule has 146 valence electrons. The van der Waals surface area contributed by atoms with Crippen molar-refractivity contribution in [1.29, 1.82) is 0 Å². The highest BCUT2D eigenvalue weighted by atomic mass is 16.5. The van der Waals surface area contributed by atoms with Crippen molar-refractivity contribution >= 4 is 17.5 Å². The number of hydrogen-bond acceptors (Lipinski definition) is 5. The summed E-state index contributed by atoms with van der Waals surface area (Å²) in [4.78, 5) is 25.1. The molecule has 0 radical (unpaired) electrons. The third-order valence-electron chi connectivity index (χ3n) is 4.93. The fourth-order valence-corrected chi connectivity index (χ4v) is 3.68. The topological polar surface area (TPSA) is 78.8 Å². The van der Waals surface area contributed by atoms with Gasteiger partial charge in [-0.25, -0.2) is 4.79 Å². The lowest BCUT2D eigenvalue weighted by molar-refractivity contribution is -0.137.